The maximum Gasteiger partial charge on any atom is 0.489 e. The summed E-state index contributed by atoms with van der Waals surface area (Å²) < 4.78 is 20.2. The number of nitrogens with zero attached hydrogens (tertiary/aromatic N) is 12. The van der Waals surface area contributed by atoms with E-state index in [4.69, 9.17) is 115 Å². The number of rotatable bonds is 14. The molecule has 0 aliphatic rings. The van der Waals surface area contributed by atoms with Gasteiger partial charge in [-0.1, -0.05) is 221 Å². The lowest BCUT2D eigenvalue weighted by atomic mass is 9.76. The highest BCUT2D eigenvalue weighted by atomic mass is 35.5. The Kier molecular flexibility index (Phi) is 34.9. The first-order valence-electron chi connectivity index (χ1n) is 33.4. The van der Waals surface area contributed by atoms with Crippen LogP contribution in [0.2, 0.25) is 30.9 Å². The van der Waals surface area contributed by atoms with Crippen molar-refractivity contribution in [1.82, 2.24) is 59.8 Å². The van der Waals surface area contributed by atoms with Crippen LogP contribution in [-0.4, -0.2) is 133 Å². The summed E-state index contributed by atoms with van der Waals surface area (Å²) in [5, 5.41) is 55.2. The van der Waals surface area contributed by atoms with Crippen LogP contribution >= 0.6 is 82.0 Å². The van der Waals surface area contributed by atoms with E-state index in [0.29, 0.717) is 67.9 Å². The van der Waals surface area contributed by atoms with Crippen molar-refractivity contribution in [2.45, 2.75) is 125 Å². The molecule has 11 rings (SSSR count). The molecule has 0 bridgehead atoms. The summed E-state index contributed by atoms with van der Waals surface area (Å²) in [6.07, 6.45) is 0. The molecule has 0 fully saturated rings. The molecule has 0 atom stereocenters. The lowest BCUT2D eigenvalue weighted by molar-refractivity contribution is 0.281. The molecule has 0 amide bonds. The highest BCUT2D eigenvalue weighted by Gasteiger charge is 2.23. The monoisotopic (exact) mass is 1620 g/mol. The van der Waals surface area contributed by atoms with Gasteiger partial charge in [0.1, 0.15) is 0 Å². The third-order valence-electron chi connectivity index (χ3n) is 15.6. The third kappa shape index (κ3) is 27.9. The smallest absolute Gasteiger partial charge is 0.467 e. The zero-order valence-corrected chi connectivity index (χ0v) is 68.5. The number of hydrogen-bond donors (Lipinski definition) is 7. The summed E-state index contributed by atoms with van der Waals surface area (Å²) in [5.74, 6) is 2.42. The first kappa shape index (κ1) is 91.3. The van der Waals surface area contributed by atoms with Crippen molar-refractivity contribution in [2.75, 3.05) is 28.4 Å². The maximum atomic E-state index is 9.42. The van der Waals surface area contributed by atoms with Gasteiger partial charge in [-0.05, 0) is 149 Å². The van der Waals surface area contributed by atoms with Crippen molar-refractivity contribution >= 4 is 107 Å². The van der Waals surface area contributed by atoms with Crippen LogP contribution in [0.3, 0.4) is 0 Å². The fraction of sp³-hybridized carbons (Fsp3) is 0.299. The number of nitrogens with two attached hydrogens (primary N) is 1. The van der Waals surface area contributed by atoms with E-state index in [1.165, 1.54) is 57.3 Å². The van der Waals surface area contributed by atoms with Crippen LogP contribution in [0, 0.1) is 0 Å². The molecule has 8 N–H and O–H groups in total. The lowest BCUT2D eigenvalue weighted by Crippen LogP contribution is -2.31. The molecule has 4 aromatic heterocycles. The fourth-order valence-corrected chi connectivity index (χ4v) is 10.6. The minimum absolute atomic E-state index is 0. The van der Waals surface area contributed by atoms with Crippen molar-refractivity contribution in [3.63, 3.8) is 0 Å². The van der Waals surface area contributed by atoms with E-state index in [-0.39, 0.29) is 97.7 Å². The highest BCUT2D eigenvalue weighted by molar-refractivity contribution is 6.62. The van der Waals surface area contributed by atoms with Crippen LogP contribution in [0.5, 0.6) is 24.0 Å². The molecule has 4 heterocycles. The average molecular weight is 1630 g/mol. The Morgan fingerprint density at radius 1 is 0.339 bits per heavy atom. The van der Waals surface area contributed by atoms with E-state index < -0.39 is 14.2 Å². The van der Waals surface area contributed by atoms with Crippen LogP contribution < -0.4 is 35.6 Å². The van der Waals surface area contributed by atoms with Crippen LogP contribution in [0.4, 0.5) is 0 Å². The number of hydrogen-bond acceptors (Lipinski definition) is 23. The largest absolute Gasteiger partial charge is 0.489 e. The molecular formula is C77H88B2Cl7N13O10. The second kappa shape index (κ2) is 41.6. The third-order valence-corrected chi connectivity index (χ3v) is 17.1. The van der Waals surface area contributed by atoms with Crippen molar-refractivity contribution in [3.8, 4) is 81.0 Å². The van der Waals surface area contributed by atoms with E-state index in [0.717, 1.165) is 33.4 Å². The lowest BCUT2D eigenvalue weighted by Gasteiger charge is -2.19. The Morgan fingerprint density at radius 2 is 0.651 bits per heavy atom. The van der Waals surface area contributed by atoms with Gasteiger partial charge in [0.05, 0.1) is 51.7 Å². The van der Waals surface area contributed by atoms with Gasteiger partial charge in [-0.15, -0.1) is 12.4 Å². The number of halogens is 7. The van der Waals surface area contributed by atoms with Gasteiger partial charge in [-0.3, -0.25) is 0 Å². The minimum atomic E-state index is -1.59. The Morgan fingerprint density at radius 3 is 1.01 bits per heavy atom. The van der Waals surface area contributed by atoms with Gasteiger partial charge in [-0.2, -0.15) is 49.8 Å². The van der Waals surface area contributed by atoms with E-state index in [2.05, 4.69) is 184 Å². The molecule has 0 spiro atoms. The van der Waals surface area contributed by atoms with E-state index in [9.17, 15) is 5.11 Å². The number of aromatic nitrogens is 12. The zero-order chi connectivity index (χ0) is 80.0. The van der Waals surface area contributed by atoms with Crippen molar-refractivity contribution in [2.24, 2.45) is 5.73 Å². The van der Waals surface area contributed by atoms with Crippen molar-refractivity contribution in [3.05, 3.63) is 222 Å². The molecule has 23 nitrogen and oxygen atoms in total. The normalized spacial score (nSPS) is 11.0. The topological polar surface area (TPSA) is 339 Å². The highest BCUT2D eigenvalue weighted by Crippen LogP contribution is 2.34. The fourth-order valence-electron chi connectivity index (χ4n) is 9.49. The molecule has 0 aliphatic carbocycles. The molecule has 109 heavy (non-hydrogen) atoms. The number of benzene rings is 7. The molecular weight excluding hydrogens is 1540 g/mol. The van der Waals surface area contributed by atoms with Gasteiger partial charge in [-0.25, -0.2) is 9.97 Å². The molecule has 0 radical (unpaired) electrons. The number of aliphatic hydroxyl groups is 2. The molecule has 0 saturated carbocycles. The Hall–Kier alpha value is -8.34. The number of ether oxygens (including phenoxy) is 4. The van der Waals surface area contributed by atoms with Gasteiger partial charge in [0, 0.05) is 44.8 Å². The Labute approximate surface area is 672 Å². The summed E-state index contributed by atoms with van der Waals surface area (Å²) in [7, 11) is 3.00. The maximum absolute atomic E-state index is 9.42. The molecule has 0 aliphatic heterocycles. The predicted octanol–water partition coefficient (Wildman–Crippen LogP) is 14.6. The van der Waals surface area contributed by atoms with E-state index in [1.807, 2.05) is 66.7 Å². The van der Waals surface area contributed by atoms with Gasteiger partial charge in [0.2, 0.25) is 15.9 Å². The molecule has 11 aromatic rings. The average Bonchev–Trinajstić information content (AvgIpc) is 0.780. The van der Waals surface area contributed by atoms with Crippen molar-refractivity contribution < 1.29 is 49.3 Å². The van der Waals surface area contributed by atoms with Crippen LogP contribution in [0.15, 0.2) is 152 Å². The first-order chi connectivity index (χ1) is 50.8. The predicted molar refractivity (Wildman–Crippen MR) is 437 cm³/mol. The van der Waals surface area contributed by atoms with Gasteiger partial charge < -0.3 is 55.0 Å². The van der Waals surface area contributed by atoms with E-state index in [1.54, 1.807) is 36.4 Å². The summed E-state index contributed by atoms with van der Waals surface area (Å²) in [4.78, 5) is 49.7. The summed E-state index contributed by atoms with van der Waals surface area (Å²) >= 11 is 35.0. The standard InChI is InChI=1S/C21H23ClN4O.C21H22ClN3O2.C14H16ClN3O.C10H15BO2.C7H8BClO3.C4H3Cl2N3O.ClH/c1-21(2,3)15-7-5-6-14(11-15)18-24-19(26-20(25-18)27-4)16-10-13(12-23)8-9-17(16)22;1-21(2,3)15-7-5-6-14(11-15)18-23-19(25-20(24-18)27-4)16-10-13(12-26)8-9-17(16)22;1-14(2,3)10-7-5-6-9(8-10)11-16-12(15)18-13(17-11)19-4;1-10(2,3)8-5-4-6-9(7-8)11(12)13;9-7-2-1-5(4-10)3-6(7)8(11)12;1-10-4-8-2(5)7-3(6)9-4;/h5-11H,12,23H2,1-4H3;5-11,26H,12H2,1-4H3;5-8H,1-4H3;4-7,12-13H,1-3H3;1-3,10-12H,4H2;1H3;1H. The quantitative estimate of drug-likeness (QED) is 0.0497. The van der Waals surface area contributed by atoms with Crippen LogP contribution in [0.25, 0.3) is 56.9 Å². The molecule has 32 heteroatoms. The number of aliphatic hydroxyl groups excluding tert-OH is 2. The summed E-state index contributed by atoms with van der Waals surface area (Å²) in [5.41, 5.74) is 17.6. The van der Waals surface area contributed by atoms with Crippen LogP contribution in [0.1, 0.15) is 122 Å². The van der Waals surface area contributed by atoms with E-state index >= 15 is 0 Å². The first-order valence-corrected chi connectivity index (χ1v) is 35.7. The molecule has 7 aromatic carbocycles. The molecule has 0 saturated heterocycles. The Balaban J connectivity index is 0.000000243. The second-order valence-corrected chi connectivity index (χ2v) is 30.1. The van der Waals surface area contributed by atoms with Gasteiger partial charge in [0.25, 0.3) is 0 Å². The zero-order valence-electron chi connectivity index (χ0n) is 63.1. The van der Waals surface area contributed by atoms with Gasteiger partial charge >= 0.3 is 38.3 Å². The second-order valence-electron chi connectivity index (χ2n) is 27.8. The van der Waals surface area contributed by atoms with Crippen LogP contribution in [-0.2, 0) is 41.4 Å². The molecule has 0 unspecified atom stereocenters. The molecule has 576 valence electrons. The number of methoxy groups -OCH3 is 4. The van der Waals surface area contributed by atoms with Gasteiger partial charge in [0.15, 0.2) is 29.1 Å². The minimum Gasteiger partial charge on any atom is -0.467 e. The summed E-state index contributed by atoms with van der Waals surface area (Å²) in [6, 6.07) is 47.9. The van der Waals surface area contributed by atoms with Crippen molar-refractivity contribution in [1.29, 1.82) is 0 Å². The summed E-state index contributed by atoms with van der Waals surface area (Å²) in [6.45, 7) is 25.9. The Bertz CT molecular complexity index is 4630. The SMILES string of the molecule is CC(C)(C)c1cccc(B(O)O)c1.COc1nc(-c2cccc(C(C)(C)C)c2)nc(-c2cc(CN)ccc2Cl)n1.COc1nc(-c2cccc(C(C)(C)C)c2)nc(-c2cc(CO)ccc2Cl)n1.COc1nc(Cl)nc(-c2cccc(C(C)(C)C)c2)n1.COc1nc(Cl)nc(Cl)n1.Cl.OCc1ccc(Cl)c(B(O)O)c1.